The van der Waals surface area contributed by atoms with Gasteiger partial charge in [0.15, 0.2) is 0 Å². The quantitative estimate of drug-likeness (QED) is 0.542. The molecule has 0 unspecified atom stereocenters. The molecule has 2 aromatic carbocycles. The van der Waals surface area contributed by atoms with Gasteiger partial charge in [-0.2, -0.15) is 0 Å². The molecule has 0 bridgehead atoms. The standard InChI is InChI=1S/C23H28N2O2/c1-4-25(5-2)15-9-14-24-21-17-23(18-10-7-6-8-11-18)27-22-13-12-19(26-3)16-20(21)22/h6-8,10-13,16-17H,4-5,9,14-15H2,1-3H3. The maximum atomic E-state index is 6.14. The van der Waals surface area contributed by atoms with Crippen molar-refractivity contribution in [2.45, 2.75) is 20.3 Å². The summed E-state index contributed by atoms with van der Waals surface area (Å²) in [4.78, 5) is 7.32. The van der Waals surface area contributed by atoms with E-state index in [1.54, 1.807) is 7.11 Å². The number of hydrogen-bond acceptors (Lipinski definition) is 4. The molecule has 0 N–H and O–H groups in total. The van der Waals surface area contributed by atoms with Gasteiger partial charge in [-0.05, 0) is 44.3 Å². The van der Waals surface area contributed by atoms with Crippen LogP contribution in [0.1, 0.15) is 20.3 Å². The van der Waals surface area contributed by atoms with Crippen molar-refractivity contribution in [3.05, 3.63) is 60.0 Å². The van der Waals surface area contributed by atoms with Gasteiger partial charge in [0.05, 0.1) is 12.5 Å². The second kappa shape index (κ2) is 9.38. The molecular weight excluding hydrogens is 336 g/mol. The lowest BCUT2D eigenvalue weighted by Crippen LogP contribution is -2.24. The third-order valence-corrected chi connectivity index (χ3v) is 4.82. The molecule has 0 radical (unpaired) electrons. The summed E-state index contributed by atoms with van der Waals surface area (Å²) in [6.45, 7) is 8.43. The Hall–Kier alpha value is -2.59. The van der Waals surface area contributed by atoms with Crippen molar-refractivity contribution in [2.75, 3.05) is 33.3 Å². The SMILES string of the molecule is CCN(CC)CCCN=c1cc(-c2ccccc2)oc2ccc(OC)cc12. The molecule has 3 rings (SSSR count). The van der Waals surface area contributed by atoms with Crippen LogP contribution in [0.2, 0.25) is 0 Å². The number of ether oxygens (including phenoxy) is 1. The first kappa shape index (κ1) is 19.2. The zero-order chi connectivity index (χ0) is 19.1. The third-order valence-electron chi connectivity index (χ3n) is 4.82. The maximum Gasteiger partial charge on any atom is 0.137 e. The van der Waals surface area contributed by atoms with Crippen LogP contribution >= 0.6 is 0 Å². The predicted octanol–water partition coefficient (Wildman–Crippen LogP) is 4.74. The topological polar surface area (TPSA) is 38.0 Å². The largest absolute Gasteiger partial charge is 0.497 e. The lowest BCUT2D eigenvalue weighted by molar-refractivity contribution is 0.301. The van der Waals surface area contributed by atoms with Gasteiger partial charge in [-0.15, -0.1) is 0 Å². The van der Waals surface area contributed by atoms with Crippen molar-refractivity contribution in [1.82, 2.24) is 4.90 Å². The maximum absolute atomic E-state index is 6.14. The lowest BCUT2D eigenvalue weighted by atomic mass is 10.1. The normalized spacial score (nSPS) is 12.1. The van der Waals surface area contributed by atoms with Crippen molar-refractivity contribution in [2.24, 2.45) is 4.99 Å². The molecule has 142 valence electrons. The Morgan fingerprint density at radius 1 is 1.00 bits per heavy atom. The summed E-state index contributed by atoms with van der Waals surface area (Å²) in [6, 6.07) is 18.1. The van der Waals surface area contributed by atoms with Crippen molar-refractivity contribution in [3.8, 4) is 17.1 Å². The number of nitrogens with zero attached hydrogens (tertiary/aromatic N) is 2. The fraction of sp³-hybridized carbons (Fsp3) is 0.348. The molecule has 0 amide bonds. The molecule has 1 aromatic heterocycles. The summed E-state index contributed by atoms with van der Waals surface area (Å²) in [5.41, 5.74) is 1.87. The second-order valence-electron chi connectivity index (χ2n) is 6.49. The molecule has 0 spiro atoms. The Morgan fingerprint density at radius 2 is 1.78 bits per heavy atom. The molecule has 4 heteroatoms. The fourth-order valence-corrected chi connectivity index (χ4v) is 3.18. The zero-order valence-corrected chi connectivity index (χ0v) is 16.4. The summed E-state index contributed by atoms with van der Waals surface area (Å²) >= 11 is 0. The van der Waals surface area contributed by atoms with Gasteiger partial charge in [0.2, 0.25) is 0 Å². The molecule has 0 saturated carbocycles. The van der Waals surface area contributed by atoms with Crippen LogP contribution < -0.4 is 10.1 Å². The summed E-state index contributed by atoms with van der Waals surface area (Å²) in [7, 11) is 1.68. The number of fused-ring (bicyclic) bond motifs is 1. The van der Waals surface area contributed by atoms with Gasteiger partial charge in [-0.3, -0.25) is 4.99 Å². The summed E-state index contributed by atoms with van der Waals surface area (Å²) < 4.78 is 11.5. The molecular formula is C23H28N2O2. The van der Waals surface area contributed by atoms with Crippen LogP contribution in [0, 0.1) is 0 Å². The van der Waals surface area contributed by atoms with Gasteiger partial charge < -0.3 is 14.1 Å². The molecule has 0 aliphatic rings. The highest BCUT2D eigenvalue weighted by Crippen LogP contribution is 2.24. The van der Waals surface area contributed by atoms with Gasteiger partial charge in [-0.1, -0.05) is 44.2 Å². The molecule has 0 atom stereocenters. The minimum absolute atomic E-state index is 0.793. The van der Waals surface area contributed by atoms with Crippen LogP contribution in [0.15, 0.2) is 64.0 Å². The Kier molecular flexibility index (Phi) is 6.66. The van der Waals surface area contributed by atoms with E-state index in [0.717, 1.165) is 66.0 Å². The highest BCUT2D eigenvalue weighted by atomic mass is 16.5. The summed E-state index contributed by atoms with van der Waals surface area (Å²) in [6.07, 6.45) is 1.04. The minimum Gasteiger partial charge on any atom is -0.497 e. The number of rotatable bonds is 8. The van der Waals surface area contributed by atoms with Crippen LogP contribution in [0.3, 0.4) is 0 Å². The van der Waals surface area contributed by atoms with E-state index in [2.05, 4.69) is 30.9 Å². The van der Waals surface area contributed by atoms with Gasteiger partial charge in [0.1, 0.15) is 17.1 Å². The first-order chi connectivity index (χ1) is 13.2. The van der Waals surface area contributed by atoms with Gasteiger partial charge in [-0.25, -0.2) is 0 Å². The van der Waals surface area contributed by atoms with E-state index in [1.807, 2.05) is 42.5 Å². The number of methoxy groups -OCH3 is 1. The molecule has 0 saturated heterocycles. The van der Waals surface area contributed by atoms with Crippen molar-refractivity contribution in [3.63, 3.8) is 0 Å². The van der Waals surface area contributed by atoms with Crippen LogP contribution in [0.25, 0.3) is 22.3 Å². The van der Waals surface area contributed by atoms with Crippen molar-refractivity contribution < 1.29 is 9.15 Å². The van der Waals surface area contributed by atoms with Gasteiger partial charge in [0, 0.05) is 23.6 Å². The average Bonchev–Trinajstić information content (AvgIpc) is 2.73. The Morgan fingerprint density at radius 3 is 2.48 bits per heavy atom. The molecule has 0 aliphatic carbocycles. The van der Waals surface area contributed by atoms with Crippen LogP contribution in [0.5, 0.6) is 5.75 Å². The summed E-state index contributed by atoms with van der Waals surface area (Å²) in [5.74, 6) is 1.64. The summed E-state index contributed by atoms with van der Waals surface area (Å²) in [5, 5.41) is 1.94. The molecule has 0 fully saturated rings. The van der Waals surface area contributed by atoms with Gasteiger partial charge in [0.25, 0.3) is 0 Å². The molecule has 3 aromatic rings. The Balaban J connectivity index is 1.98. The van der Waals surface area contributed by atoms with E-state index in [4.69, 9.17) is 14.1 Å². The highest BCUT2D eigenvalue weighted by Gasteiger charge is 2.07. The third kappa shape index (κ3) is 4.77. The predicted molar refractivity (Wildman–Crippen MR) is 111 cm³/mol. The molecule has 1 heterocycles. The minimum atomic E-state index is 0.793. The van der Waals surface area contributed by atoms with E-state index in [-0.39, 0.29) is 0 Å². The molecule has 4 nitrogen and oxygen atoms in total. The Labute approximate surface area is 161 Å². The fourth-order valence-electron chi connectivity index (χ4n) is 3.18. The first-order valence-corrected chi connectivity index (χ1v) is 9.65. The number of benzene rings is 2. The van der Waals surface area contributed by atoms with E-state index >= 15 is 0 Å². The van der Waals surface area contributed by atoms with Crippen LogP contribution in [-0.2, 0) is 0 Å². The van der Waals surface area contributed by atoms with E-state index in [0.29, 0.717) is 0 Å². The van der Waals surface area contributed by atoms with Crippen molar-refractivity contribution in [1.29, 1.82) is 0 Å². The molecule has 0 aliphatic heterocycles. The average molecular weight is 364 g/mol. The second-order valence-corrected chi connectivity index (χ2v) is 6.49. The lowest BCUT2D eigenvalue weighted by Gasteiger charge is -2.16. The van der Waals surface area contributed by atoms with Crippen molar-refractivity contribution >= 4 is 11.0 Å². The van der Waals surface area contributed by atoms with E-state index < -0.39 is 0 Å². The van der Waals surface area contributed by atoms with Crippen LogP contribution in [0.4, 0.5) is 0 Å². The van der Waals surface area contributed by atoms with Crippen LogP contribution in [-0.4, -0.2) is 38.2 Å². The Bertz CT molecular complexity index is 928. The highest BCUT2D eigenvalue weighted by molar-refractivity contribution is 5.80. The van der Waals surface area contributed by atoms with Gasteiger partial charge >= 0.3 is 0 Å². The number of hydrogen-bond donors (Lipinski definition) is 0. The zero-order valence-electron chi connectivity index (χ0n) is 16.4. The smallest absolute Gasteiger partial charge is 0.137 e. The first-order valence-electron chi connectivity index (χ1n) is 9.65. The van der Waals surface area contributed by atoms with E-state index in [1.165, 1.54) is 0 Å². The monoisotopic (exact) mass is 364 g/mol. The molecule has 27 heavy (non-hydrogen) atoms. The van der Waals surface area contributed by atoms with E-state index in [9.17, 15) is 0 Å².